The van der Waals surface area contributed by atoms with E-state index in [1.54, 1.807) is 18.7 Å². The zero-order chi connectivity index (χ0) is 23.1. The molecule has 0 radical (unpaired) electrons. The van der Waals surface area contributed by atoms with E-state index in [0.29, 0.717) is 0 Å². The van der Waals surface area contributed by atoms with Crippen LogP contribution < -0.4 is 5.32 Å². The van der Waals surface area contributed by atoms with Gasteiger partial charge in [0.15, 0.2) is 22.8 Å². The Morgan fingerprint density at radius 3 is 2.59 bits per heavy atom. The molecule has 10 nitrogen and oxygen atoms in total. The minimum Gasteiger partial charge on any atom is -0.364 e. The van der Waals surface area contributed by atoms with Crippen LogP contribution >= 0.6 is 0 Å². The van der Waals surface area contributed by atoms with Crippen LogP contribution in [0.5, 0.6) is 0 Å². The first-order valence-corrected chi connectivity index (χ1v) is 11.5. The number of benzene rings is 1. The van der Waals surface area contributed by atoms with Gasteiger partial charge < -0.3 is 14.5 Å². The second-order valence-electron chi connectivity index (χ2n) is 8.39. The lowest BCUT2D eigenvalue weighted by atomic mass is 10.1. The Morgan fingerprint density at radius 1 is 0.971 bits per heavy atom. The molecule has 170 valence electrons. The number of nitrogens with one attached hydrogen (secondary N) is 1. The van der Waals surface area contributed by atoms with E-state index in [1.807, 2.05) is 25.1 Å². The number of aromatic nitrogens is 9. The Balaban J connectivity index is 1.33. The van der Waals surface area contributed by atoms with E-state index >= 15 is 0 Å². The van der Waals surface area contributed by atoms with Crippen molar-refractivity contribution >= 4 is 17.0 Å². The van der Waals surface area contributed by atoms with Gasteiger partial charge in [0.1, 0.15) is 23.8 Å². The fourth-order valence-electron chi connectivity index (χ4n) is 4.51. The molecule has 5 heterocycles. The lowest BCUT2D eigenvalue weighted by Gasteiger charge is -2.25. The highest BCUT2D eigenvalue weighted by Crippen LogP contribution is 2.29. The smallest absolute Gasteiger partial charge is 0.165 e. The van der Waals surface area contributed by atoms with Crippen LogP contribution in [0.3, 0.4) is 0 Å². The van der Waals surface area contributed by atoms with Crippen LogP contribution in [0.2, 0.25) is 0 Å². The molecule has 0 amide bonds. The summed E-state index contributed by atoms with van der Waals surface area (Å²) < 4.78 is 4.27. The van der Waals surface area contributed by atoms with E-state index < -0.39 is 0 Å². The van der Waals surface area contributed by atoms with E-state index in [0.717, 1.165) is 77.3 Å². The second-order valence-corrected chi connectivity index (χ2v) is 8.39. The van der Waals surface area contributed by atoms with Crippen molar-refractivity contribution in [3.05, 3.63) is 60.7 Å². The lowest BCUT2D eigenvalue weighted by Crippen LogP contribution is -2.32. The molecule has 1 N–H and O–H groups in total. The second kappa shape index (κ2) is 8.29. The number of fused-ring (bicyclic) bond motifs is 2. The maximum atomic E-state index is 4.91. The highest BCUT2D eigenvalue weighted by Gasteiger charge is 2.25. The Bertz CT molecular complexity index is 1450. The SMILES string of the molecule is CCn1c(-c2cnc(C)nc2)nc2c(NC3CCc4nnc(-c5ccccc5)n4C3)ncnc21. The van der Waals surface area contributed by atoms with Gasteiger partial charge in [0, 0.05) is 43.5 Å². The highest BCUT2D eigenvalue weighted by molar-refractivity contribution is 5.86. The van der Waals surface area contributed by atoms with Gasteiger partial charge in [-0.05, 0) is 20.3 Å². The summed E-state index contributed by atoms with van der Waals surface area (Å²) in [6.07, 6.45) is 6.98. The molecule has 0 saturated carbocycles. The standard InChI is InChI=1S/C24H24N10/c1-3-33-22(17-11-25-15(2)26-12-17)30-20-21(27-14-28-24(20)33)29-18-9-10-19-31-32-23(34(19)13-18)16-7-5-4-6-8-16/h4-8,11-12,14,18H,3,9-10,13H2,1-2H3,(H,27,28,29). The predicted octanol–water partition coefficient (Wildman–Crippen LogP) is 3.30. The van der Waals surface area contributed by atoms with Crippen molar-refractivity contribution in [1.29, 1.82) is 0 Å². The van der Waals surface area contributed by atoms with Crippen LogP contribution in [-0.2, 0) is 19.5 Å². The zero-order valence-corrected chi connectivity index (χ0v) is 19.0. The molecular formula is C24H24N10. The summed E-state index contributed by atoms with van der Waals surface area (Å²) in [4.78, 5) is 22.7. The third kappa shape index (κ3) is 3.47. The Kier molecular flexibility index (Phi) is 4.97. The normalized spacial score (nSPS) is 15.4. The molecule has 4 aromatic heterocycles. The number of nitrogens with zero attached hydrogens (tertiary/aromatic N) is 9. The van der Waals surface area contributed by atoms with Gasteiger partial charge in [0.05, 0.1) is 5.56 Å². The minimum atomic E-state index is 0.169. The van der Waals surface area contributed by atoms with Gasteiger partial charge in [-0.15, -0.1) is 10.2 Å². The van der Waals surface area contributed by atoms with Crippen molar-refractivity contribution in [3.8, 4) is 22.8 Å². The van der Waals surface area contributed by atoms with Crippen molar-refractivity contribution in [2.45, 2.75) is 45.8 Å². The first-order valence-electron chi connectivity index (χ1n) is 11.5. The van der Waals surface area contributed by atoms with Gasteiger partial charge in [0.25, 0.3) is 0 Å². The molecule has 5 aromatic rings. The molecule has 0 fully saturated rings. The fourth-order valence-corrected chi connectivity index (χ4v) is 4.51. The summed E-state index contributed by atoms with van der Waals surface area (Å²) in [5.74, 6) is 4.16. The van der Waals surface area contributed by atoms with Gasteiger partial charge in [-0.3, -0.25) is 0 Å². The fraction of sp³-hybridized carbons (Fsp3) is 0.292. The van der Waals surface area contributed by atoms with Crippen LogP contribution in [0.15, 0.2) is 49.1 Å². The average Bonchev–Trinajstić information content (AvgIpc) is 3.47. The summed E-state index contributed by atoms with van der Waals surface area (Å²) in [5, 5.41) is 12.5. The van der Waals surface area contributed by atoms with Gasteiger partial charge >= 0.3 is 0 Å². The van der Waals surface area contributed by atoms with Gasteiger partial charge in [-0.2, -0.15) is 0 Å². The van der Waals surface area contributed by atoms with E-state index in [-0.39, 0.29) is 6.04 Å². The highest BCUT2D eigenvalue weighted by atomic mass is 15.3. The summed E-state index contributed by atoms with van der Waals surface area (Å²) in [6.45, 7) is 5.43. The largest absolute Gasteiger partial charge is 0.364 e. The van der Waals surface area contributed by atoms with Crippen LogP contribution in [0, 0.1) is 6.92 Å². The molecule has 0 saturated heterocycles. The molecule has 1 atom stereocenters. The van der Waals surface area contributed by atoms with E-state index in [4.69, 9.17) is 4.98 Å². The Hall–Kier alpha value is -4.21. The van der Waals surface area contributed by atoms with Gasteiger partial charge in [0.2, 0.25) is 0 Å². The molecule has 34 heavy (non-hydrogen) atoms. The minimum absolute atomic E-state index is 0.169. The number of hydrogen-bond acceptors (Lipinski definition) is 8. The molecular weight excluding hydrogens is 428 g/mol. The summed E-state index contributed by atoms with van der Waals surface area (Å²) in [5.41, 5.74) is 3.47. The van der Waals surface area contributed by atoms with Crippen molar-refractivity contribution in [2.24, 2.45) is 0 Å². The maximum Gasteiger partial charge on any atom is 0.165 e. The first-order chi connectivity index (χ1) is 16.7. The van der Waals surface area contributed by atoms with Crippen LogP contribution in [0.4, 0.5) is 5.82 Å². The Labute approximate surface area is 196 Å². The summed E-state index contributed by atoms with van der Waals surface area (Å²) >= 11 is 0. The number of rotatable bonds is 5. The monoisotopic (exact) mass is 452 g/mol. The number of imidazole rings is 1. The zero-order valence-electron chi connectivity index (χ0n) is 19.0. The molecule has 0 aliphatic carbocycles. The van der Waals surface area contributed by atoms with Crippen molar-refractivity contribution in [3.63, 3.8) is 0 Å². The van der Waals surface area contributed by atoms with Crippen LogP contribution in [0.25, 0.3) is 33.9 Å². The third-order valence-corrected chi connectivity index (χ3v) is 6.21. The topological polar surface area (TPSA) is 112 Å². The molecule has 0 spiro atoms. The lowest BCUT2D eigenvalue weighted by molar-refractivity contribution is 0.479. The van der Waals surface area contributed by atoms with Gasteiger partial charge in [-0.25, -0.2) is 24.9 Å². The number of hydrogen-bond donors (Lipinski definition) is 1. The van der Waals surface area contributed by atoms with Crippen molar-refractivity contribution in [2.75, 3.05) is 5.32 Å². The quantitative estimate of drug-likeness (QED) is 0.432. The molecule has 1 aromatic carbocycles. The predicted molar refractivity (Wildman–Crippen MR) is 128 cm³/mol. The molecule has 6 rings (SSSR count). The number of anilines is 1. The van der Waals surface area contributed by atoms with Crippen molar-refractivity contribution < 1.29 is 0 Å². The average molecular weight is 453 g/mol. The van der Waals surface area contributed by atoms with E-state index in [2.05, 4.69) is 63.6 Å². The Morgan fingerprint density at radius 2 is 1.79 bits per heavy atom. The van der Waals surface area contributed by atoms with E-state index in [9.17, 15) is 0 Å². The third-order valence-electron chi connectivity index (χ3n) is 6.21. The van der Waals surface area contributed by atoms with Crippen LogP contribution in [-0.4, -0.2) is 50.3 Å². The first kappa shape index (κ1) is 20.4. The summed E-state index contributed by atoms with van der Waals surface area (Å²) in [7, 11) is 0. The molecule has 1 aliphatic rings. The van der Waals surface area contributed by atoms with E-state index in [1.165, 1.54) is 0 Å². The maximum absolute atomic E-state index is 4.91. The number of aryl methyl sites for hydroxylation is 3. The van der Waals surface area contributed by atoms with Gasteiger partial charge in [-0.1, -0.05) is 30.3 Å². The summed E-state index contributed by atoms with van der Waals surface area (Å²) in [6, 6.07) is 10.4. The molecule has 10 heteroatoms. The van der Waals surface area contributed by atoms with Crippen molar-refractivity contribution in [1.82, 2.24) is 44.3 Å². The molecule has 0 bridgehead atoms. The van der Waals surface area contributed by atoms with Crippen LogP contribution in [0.1, 0.15) is 25.0 Å². The molecule has 1 unspecified atom stereocenters. The molecule has 1 aliphatic heterocycles.